The van der Waals surface area contributed by atoms with E-state index in [1.54, 1.807) is 0 Å². The largest absolute Gasteiger partial charge is 0.256 e. The zero-order valence-electron chi connectivity index (χ0n) is 14.3. The average molecular weight is 434 g/mol. The number of sulfonamides is 1. The van der Waals surface area contributed by atoms with Gasteiger partial charge in [0.1, 0.15) is 0 Å². The predicted octanol–water partition coefficient (Wildman–Crippen LogP) is -0.572. The van der Waals surface area contributed by atoms with Crippen LogP contribution in [-0.2, 0) is 29.7 Å². The first-order valence-corrected chi connectivity index (χ1v) is 13.3. The third kappa shape index (κ3) is 4.49. The molecule has 2 aliphatic rings. The lowest BCUT2D eigenvalue weighted by molar-refractivity contribution is 0.229. The van der Waals surface area contributed by atoms with Crippen LogP contribution in [0.1, 0.15) is 18.4 Å². The molecule has 0 saturated carbocycles. The summed E-state index contributed by atoms with van der Waals surface area (Å²) >= 11 is 0. The van der Waals surface area contributed by atoms with E-state index in [1.807, 2.05) is 6.07 Å². The summed E-state index contributed by atoms with van der Waals surface area (Å²) in [7, 11) is -10.8. The number of nitriles is 1. The maximum absolute atomic E-state index is 13.2. The second kappa shape index (κ2) is 7.14. The van der Waals surface area contributed by atoms with Crippen LogP contribution in [0, 0.1) is 11.3 Å². The number of hydrazine groups is 1. The average Bonchev–Trinajstić information content (AvgIpc) is 3.13. The van der Waals surface area contributed by atoms with Crippen molar-refractivity contribution in [2.45, 2.75) is 29.8 Å². The number of nitrogens with zero attached hydrogens (tertiary/aromatic N) is 2. The van der Waals surface area contributed by atoms with Crippen molar-refractivity contribution in [1.82, 2.24) is 9.84 Å². The van der Waals surface area contributed by atoms with Gasteiger partial charge in [0.15, 0.2) is 19.7 Å². The van der Waals surface area contributed by atoms with Crippen molar-refractivity contribution in [3.63, 3.8) is 0 Å². The second-order valence-corrected chi connectivity index (χ2v) is 13.0. The lowest BCUT2D eigenvalue weighted by atomic mass is 10.2. The van der Waals surface area contributed by atoms with Crippen molar-refractivity contribution in [3.05, 3.63) is 29.8 Å². The molecule has 0 radical (unpaired) electrons. The van der Waals surface area contributed by atoms with Gasteiger partial charge < -0.3 is 0 Å². The molecule has 2 fully saturated rings. The Morgan fingerprint density at radius 2 is 1.74 bits per heavy atom. The van der Waals surface area contributed by atoms with E-state index in [0.717, 1.165) is 4.41 Å². The summed E-state index contributed by atoms with van der Waals surface area (Å²) in [6.07, 6.45) is 0.359. The minimum atomic E-state index is -4.18. The quantitative estimate of drug-likeness (QED) is 0.608. The van der Waals surface area contributed by atoms with Gasteiger partial charge in [0.05, 0.1) is 45.6 Å². The Labute approximate surface area is 158 Å². The molecule has 2 aliphatic heterocycles. The number of hydrogen-bond donors (Lipinski definition) is 1. The Balaban J connectivity index is 1.97. The van der Waals surface area contributed by atoms with Crippen LogP contribution in [0.3, 0.4) is 0 Å². The highest BCUT2D eigenvalue weighted by atomic mass is 32.2. The molecule has 0 aromatic heterocycles. The van der Waals surface area contributed by atoms with Crippen molar-refractivity contribution in [1.29, 1.82) is 5.26 Å². The highest BCUT2D eigenvalue weighted by Gasteiger charge is 2.41. The summed E-state index contributed by atoms with van der Waals surface area (Å²) in [5.74, 6) is -0.731. The molecule has 2 heterocycles. The van der Waals surface area contributed by atoms with Gasteiger partial charge in [0.2, 0.25) is 0 Å². The van der Waals surface area contributed by atoms with Gasteiger partial charge in [-0.2, -0.15) is 5.26 Å². The molecule has 1 aromatic carbocycles. The van der Waals surface area contributed by atoms with Crippen molar-refractivity contribution < 1.29 is 25.3 Å². The van der Waals surface area contributed by atoms with Crippen LogP contribution >= 0.6 is 0 Å². The first-order valence-electron chi connectivity index (χ1n) is 8.24. The molecular formula is C15H19N3O6S3. The summed E-state index contributed by atoms with van der Waals surface area (Å²) in [5.41, 5.74) is 2.90. The van der Waals surface area contributed by atoms with E-state index in [4.69, 9.17) is 5.26 Å². The van der Waals surface area contributed by atoms with Gasteiger partial charge in [-0.25, -0.2) is 30.7 Å². The topological polar surface area (TPSA) is 141 Å². The van der Waals surface area contributed by atoms with Gasteiger partial charge in [-0.05, 0) is 31.0 Å². The van der Waals surface area contributed by atoms with Gasteiger partial charge in [0.25, 0.3) is 10.0 Å². The smallest absolute Gasteiger partial charge is 0.237 e. The molecule has 1 aromatic rings. The van der Waals surface area contributed by atoms with Gasteiger partial charge in [0, 0.05) is 6.04 Å². The van der Waals surface area contributed by atoms with E-state index in [9.17, 15) is 25.3 Å². The van der Waals surface area contributed by atoms with Crippen LogP contribution in [-0.4, -0.2) is 64.8 Å². The zero-order chi connectivity index (χ0) is 19.9. The number of rotatable bonds is 5. The summed E-state index contributed by atoms with van der Waals surface area (Å²) in [6.45, 7) is 0. The molecule has 0 bridgehead atoms. The van der Waals surface area contributed by atoms with Crippen molar-refractivity contribution in [2.24, 2.45) is 0 Å². The Hall–Kier alpha value is -1.52. The molecule has 0 amide bonds. The Bertz CT molecular complexity index is 1090. The standard InChI is InChI=1S/C15H19N3O6S3/c16-9-12-2-1-3-15(8-12)27(23,24)18(14-5-7-26(21,22)11-14)17-13-4-6-25(19,20)10-13/h1-3,8,13-14,17H,4-7,10-11H2/t13-,14-/m1/s1. The van der Waals surface area contributed by atoms with Crippen LogP contribution in [0.5, 0.6) is 0 Å². The molecular weight excluding hydrogens is 414 g/mol. The molecule has 12 heteroatoms. The minimum absolute atomic E-state index is 0.0502. The molecule has 0 unspecified atom stereocenters. The SMILES string of the molecule is N#Cc1cccc(S(=O)(=O)N(N[C@@H]2CCS(=O)(=O)C2)[C@@H]2CCS(=O)(=O)C2)c1. The van der Waals surface area contributed by atoms with Crippen molar-refractivity contribution >= 4 is 29.7 Å². The molecule has 27 heavy (non-hydrogen) atoms. The van der Waals surface area contributed by atoms with E-state index in [0.29, 0.717) is 0 Å². The van der Waals surface area contributed by atoms with E-state index in [2.05, 4.69) is 5.43 Å². The van der Waals surface area contributed by atoms with Crippen LogP contribution in [0.25, 0.3) is 0 Å². The number of nitrogens with one attached hydrogen (secondary N) is 1. The molecule has 2 atom stereocenters. The monoisotopic (exact) mass is 433 g/mol. The van der Waals surface area contributed by atoms with Crippen LogP contribution < -0.4 is 5.43 Å². The van der Waals surface area contributed by atoms with E-state index >= 15 is 0 Å². The van der Waals surface area contributed by atoms with E-state index < -0.39 is 41.8 Å². The van der Waals surface area contributed by atoms with Gasteiger partial charge in [-0.3, -0.25) is 0 Å². The maximum Gasteiger partial charge on any atom is 0.256 e. The first kappa shape index (κ1) is 20.2. The van der Waals surface area contributed by atoms with E-state index in [-0.39, 0.29) is 46.3 Å². The highest BCUT2D eigenvalue weighted by molar-refractivity contribution is 7.92. The van der Waals surface area contributed by atoms with E-state index in [1.165, 1.54) is 24.3 Å². The lowest BCUT2D eigenvalue weighted by Crippen LogP contribution is -2.54. The minimum Gasteiger partial charge on any atom is -0.237 e. The third-order valence-electron chi connectivity index (χ3n) is 4.60. The fraction of sp³-hybridized carbons (Fsp3) is 0.533. The van der Waals surface area contributed by atoms with Gasteiger partial charge in [-0.1, -0.05) is 6.07 Å². The fourth-order valence-electron chi connectivity index (χ4n) is 3.25. The number of hydrogen-bond acceptors (Lipinski definition) is 8. The Kier molecular flexibility index (Phi) is 5.35. The summed E-state index contributed by atoms with van der Waals surface area (Å²) in [5, 5.41) is 9.01. The predicted molar refractivity (Wildman–Crippen MR) is 97.4 cm³/mol. The first-order chi connectivity index (χ1) is 12.5. The Morgan fingerprint density at radius 3 is 2.30 bits per heavy atom. The molecule has 0 aliphatic carbocycles. The third-order valence-corrected chi connectivity index (χ3v) is 9.89. The normalized spacial score (nSPS) is 26.8. The maximum atomic E-state index is 13.2. The van der Waals surface area contributed by atoms with Crippen molar-refractivity contribution in [3.8, 4) is 6.07 Å². The summed E-state index contributed by atoms with van der Waals surface area (Å²) in [6, 6.07) is 5.82. The second-order valence-electron chi connectivity index (χ2n) is 6.73. The molecule has 0 spiro atoms. The molecule has 148 valence electrons. The van der Waals surface area contributed by atoms with Crippen molar-refractivity contribution in [2.75, 3.05) is 23.0 Å². The molecule has 1 N–H and O–H groups in total. The Morgan fingerprint density at radius 1 is 1.07 bits per heavy atom. The zero-order valence-corrected chi connectivity index (χ0v) is 16.7. The number of sulfone groups is 2. The summed E-state index contributed by atoms with van der Waals surface area (Å²) in [4.78, 5) is -0.154. The van der Waals surface area contributed by atoms with Gasteiger partial charge >= 0.3 is 0 Å². The van der Waals surface area contributed by atoms with Crippen LogP contribution in [0.4, 0.5) is 0 Å². The van der Waals surface area contributed by atoms with Crippen LogP contribution in [0.2, 0.25) is 0 Å². The number of benzene rings is 1. The molecule has 3 rings (SSSR count). The molecule has 9 nitrogen and oxygen atoms in total. The molecule has 2 saturated heterocycles. The fourth-order valence-corrected chi connectivity index (χ4v) is 8.32. The highest BCUT2D eigenvalue weighted by Crippen LogP contribution is 2.25. The summed E-state index contributed by atoms with van der Waals surface area (Å²) < 4.78 is 74.3. The lowest BCUT2D eigenvalue weighted by Gasteiger charge is -2.30. The van der Waals surface area contributed by atoms with Crippen LogP contribution in [0.15, 0.2) is 29.2 Å². The van der Waals surface area contributed by atoms with Gasteiger partial charge in [-0.15, -0.1) is 4.41 Å².